The second kappa shape index (κ2) is 4.61. The van der Waals surface area contributed by atoms with E-state index in [2.05, 4.69) is 0 Å². The van der Waals surface area contributed by atoms with Gasteiger partial charge in [0.15, 0.2) is 5.72 Å². The average molecular weight is 185 g/mol. The van der Waals surface area contributed by atoms with Gasteiger partial charge in [0, 0.05) is 19.3 Å². The second-order valence-electron chi connectivity index (χ2n) is 3.85. The van der Waals surface area contributed by atoms with Crippen LogP contribution in [0.15, 0.2) is 0 Å². The zero-order valence-electron chi connectivity index (χ0n) is 8.34. The number of rotatable bonds is 3. The summed E-state index contributed by atoms with van der Waals surface area (Å²) in [5.74, 6) is -0.146. The van der Waals surface area contributed by atoms with E-state index in [0.29, 0.717) is 6.42 Å². The summed E-state index contributed by atoms with van der Waals surface area (Å²) >= 11 is 0. The number of carbonyl (C=O) groups excluding carboxylic acids is 1. The van der Waals surface area contributed by atoms with Gasteiger partial charge in [-0.2, -0.15) is 0 Å². The molecule has 1 saturated carbocycles. The van der Waals surface area contributed by atoms with Gasteiger partial charge < -0.3 is 4.74 Å². The Morgan fingerprint density at radius 2 is 2.00 bits per heavy atom. The SMILES string of the molecule is CCCC(=O)OC1(N)CCCCC1. The van der Waals surface area contributed by atoms with Crippen LogP contribution in [0.4, 0.5) is 0 Å². The zero-order chi connectivity index (χ0) is 9.73. The molecule has 13 heavy (non-hydrogen) atoms. The number of carbonyl (C=O) groups is 1. The number of hydrogen-bond donors (Lipinski definition) is 1. The quantitative estimate of drug-likeness (QED) is 0.540. The number of esters is 1. The van der Waals surface area contributed by atoms with Gasteiger partial charge >= 0.3 is 5.97 Å². The van der Waals surface area contributed by atoms with E-state index < -0.39 is 5.72 Å². The number of ether oxygens (including phenoxy) is 1. The smallest absolute Gasteiger partial charge is 0.307 e. The van der Waals surface area contributed by atoms with Crippen molar-refractivity contribution in [3.63, 3.8) is 0 Å². The second-order valence-corrected chi connectivity index (χ2v) is 3.85. The Kier molecular flexibility index (Phi) is 3.72. The van der Waals surface area contributed by atoms with E-state index in [0.717, 1.165) is 32.1 Å². The Hall–Kier alpha value is -0.570. The molecule has 0 aromatic carbocycles. The molecule has 1 rings (SSSR count). The summed E-state index contributed by atoms with van der Waals surface area (Å²) in [6, 6.07) is 0. The fraction of sp³-hybridized carbons (Fsp3) is 0.900. The highest BCUT2D eigenvalue weighted by Crippen LogP contribution is 2.27. The van der Waals surface area contributed by atoms with Gasteiger partial charge in [-0.25, -0.2) is 0 Å². The third-order valence-electron chi connectivity index (χ3n) is 2.47. The highest BCUT2D eigenvalue weighted by molar-refractivity contribution is 5.69. The van der Waals surface area contributed by atoms with Crippen molar-refractivity contribution in [1.82, 2.24) is 0 Å². The summed E-state index contributed by atoms with van der Waals surface area (Å²) in [6.45, 7) is 1.96. The molecule has 0 spiro atoms. The average Bonchev–Trinajstić information content (AvgIpc) is 2.04. The maximum absolute atomic E-state index is 11.2. The molecule has 0 bridgehead atoms. The van der Waals surface area contributed by atoms with Crippen LogP contribution in [-0.2, 0) is 9.53 Å². The Labute approximate surface area is 79.6 Å². The number of hydrogen-bond acceptors (Lipinski definition) is 3. The molecule has 2 N–H and O–H groups in total. The summed E-state index contributed by atoms with van der Waals surface area (Å²) in [7, 11) is 0. The topological polar surface area (TPSA) is 52.3 Å². The van der Waals surface area contributed by atoms with Gasteiger partial charge in [-0.15, -0.1) is 0 Å². The van der Waals surface area contributed by atoms with Gasteiger partial charge in [0.25, 0.3) is 0 Å². The molecule has 0 heterocycles. The maximum Gasteiger partial charge on any atom is 0.307 e. The standard InChI is InChI=1S/C10H19NO2/c1-2-6-9(12)13-10(11)7-4-3-5-8-10/h2-8,11H2,1H3. The van der Waals surface area contributed by atoms with Crippen LogP contribution in [0.2, 0.25) is 0 Å². The van der Waals surface area contributed by atoms with Gasteiger partial charge in [0.2, 0.25) is 0 Å². The molecule has 3 heteroatoms. The Morgan fingerprint density at radius 1 is 1.38 bits per heavy atom. The van der Waals surface area contributed by atoms with Gasteiger partial charge in [-0.3, -0.25) is 10.5 Å². The summed E-state index contributed by atoms with van der Waals surface area (Å²) < 4.78 is 5.26. The van der Waals surface area contributed by atoms with Crippen molar-refractivity contribution in [3.8, 4) is 0 Å². The Balaban J connectivity index is 2.36. The van der Waals surface area contributed by atoms with Gasteiger partial charge in [-0.05, 0) is 19.3 Å². The first-order chi connectivity index (χ1) is 6.16. The van der Waals surface area contributed by atoms with Crippen LogP contribution in [0.25, 0.3) is 0 Å². The zero-order valence-corrected chi connectivity index (χ0v) is 8.34. The predicted molar refractivity (Wildman–Crippen MR) is 51.0 cm³/mol. The van der Waals surface area contributed by atoms with Crippen LogP contribution in [0, 0.1) is 0 Å². The lowest BCUT2D eigenvalue weighted by Crippen LogP contribution is -2.45. The van der Waals surface area contributed by atoms with Crippen molar-refractivity contribution in [2.75, 3.05) is 0 Å². The molecule has 1 aliphatic carbocycles. The monoisotopic (exact) mass is 185 g/mol. The van der Waals surface area contributed by atoms with E-state index in [-0.39, 0.29) is 5.97 Å². The van der Waals surface area contributed by atoms with Crippen LogP contribution in [-0.4, -0.2) is 11.7 Å². The molecule has 0 atom stereocenters. The van der Waals surface area contributed by atoms with E-state index >= 15 is 0 Å². The Bertz CT molecular complexity index is 174. The molecule has 1 fully saturated rings. The molecule has 76 valence electrons. The van der Waals surface area contributed by atoms with E-state index in [1.54, 1.807) is 0 Å². The van der Waals surface area contributed by atoms with Crippen molar-refractivity contribution in [2.24, 2.45) is 5.73 Å². The minimum Gasteiger partial charge on any atom is -0.444 e. The highest BCUT2D eigenvalue weighted by atomic mass is 16.6. The summed E-state index contributed by atoms with van der Waals surface area (Å²) in [5.41, 5.74) is 5.30. The molecule has 1 aliphatic rings. The third-order valence-corrected chi connectivity index (χ3v) is 2.47. The molecule has 3 nitrogen and oxygen atoms in total. The first-order valence-electron chi connectivity index (χ1n) is 5.17. The van der Waals surface area contributed by atoms with Crippen molar-refractivity contribution in [2.45, 2.75) is 57.6 Å². The fourth-order valence-corrected chi connectivity index (χ4v) is 1.73. The molecule has 0 aliphatic heterocycles. The van der Waals surface area contributed by atoms with Crippen molar-refractivity contribution < 1.29 is 9.53 Å². The maximum atomic E-state index is 11.2. The van der Waals surface area contributed by atoms with E-state index in [4.69, 9.17) is 10.5 Å². The van der Waals surface area contributed by atoms with Gasteiger partial charge in [0.05, 0.1) is 0 Å². The third kappa shape index (κ3) is 3.35. The first kappa shape index (κ1) is 10.5. The summed E-state index contributed by atoms with van der Waals surface area (Å²) in [6.07, 6.45) is 6.33. The lowest BCUT2D eigenvalue weighted by atomic mass is 9.92. The summed E-state index contributed by atoms with van der Waals surface area (Å²) in [5, 5.41) is 0. The van der Waals surface area contributed by atoms with Crippen molar-refractivity contribution in [3.05, 3.63) is 0 Å². The molecular formula is C10H19NO2. The molecule has 0 aromatic heterocycles. The molecule has 0 unspecified atom stereocenters. The lowest BCUT2D eigenvalue weighted by Gasteiger charge is -2.32. The minimum atomic E-state index is -0.648. The van der Waals surface area contributed by atoms with Crippen LogP contribution >= 0.6 is 0 Å². The summed E-state index contributed by atoms with van der Waals surface area (Å²) in [4.78, 5) is 11.2. The van der Waals surface area contributed by atoms with Crippen molar-refractivity contribution >= 4 is 5.97 Å². The molecule has 0 saturated heterocycles. The van der Waals surface area contributed by atoms with Crippen LogP contribution in [0.3, 0.4) is 0 Å². The lowest BCUT2D eigenvalue weighted by molar-refractivity contribution is -0.162. The van der Waals surface area contributed by atoms with Crippen LogP contribution < -0.4 is 5.73 Å². The first-order valence-corrected chi connectivity index (χ1v) is 5.17. The normalized spacial score (nSPS) is 21.1. The van der Waals surface area contributed by atoms with Gasteiger partial charge in [-0.1, -0.05) is 13.3 Å². The fourth-order valence-electron chi connectivity index (χ4n) is 1.73. The largest absolute Gasteiger partial charge is 0.444 e. The minimum absolute atomic E-state index is 0.146. The molecule has 0 aromatic rings. The van der Waals surface area contributed by atoms with E-state index in [1.807, 2.05) is 6.92 Å². The molecular weight excluding hydrogens is 166 g/mol. The Morgan fingerprint density at radius 3 is 2.54 bits per heavy atom. The highest BCUT2D eigenvalue weighted by Gasteiger charge is 2.30. The van der Waals surface area contributed by atoms with E-state index in [9.17, 15) is 4.79 Å². The predicted octanol–water partition coefficient (Wildman–Crippen LogP) is 1.95. The van der Waals surface area contributed by atoms with Gasteiger partial charge in [0.1, 0.15) is 0 Å². The van der Waals surface area contributed by atoms with Crippen LogP contribution in [0.1, 0.15) is 51.9 Å². The number of nitrogens with two attached hydrogens (primary N) is 1. The molecule has 0 radical (unpaired) electrons. The van der Waals surface area contributed by atoms with Crippen LogP contribution in [0.5, 0.6) is 0 Å². The van der Waals surface area contributed by atoms with E-state index in [1.165, 1.54) is 6.42 Å². The molecule has 0 amide bonds. The van der Waals surface area contributed by atoms with Crippen molar-refractivity contribution in [1.29, 1.82) is 0 Å².